The Morgan fingerprint density at radius 2 is 2.04 bits per heavy atom. The van der Waals surface area contributed by atoms with Crippen LogP contribution in [0.15, 0.2) is 18.2 Å². The van der Waals surface area contributed by atoms with Crippen LogP contribution in [0.5, 0.6) is 5.75 Å². The van der Waals surface area contributed by atoms with Crippen LogP contribution < -0.4 is 10.1 Å². The molecule has 0 aromatic heterocycles. The van der Waals surface area contributed by atoms with Crippen LogP contribution in [0.4, 0.5) is 5.69 Å². The van der Waals surface area contributed by atoms with Crippen LogP contribution in [0.3, 0.4) is 0 Å². The van der Waals surface area contributed by atoms with Gasteiger partial charge in [0.1, 0.15) is 17.5 Å². The Kier molecular flexibility index (Phi) is 9.99. The summed E-state index contributed by atoms with van der Waals surface area (Å²) in [6, 6.07) is 5.21. The van der Waals surface area contributed by atoms with E-state index in [1.54, 1.807) is 25.3 Å². The van der Waals surface area contributed by atoms with Crippen LogP contribution in [0.1, 0.15) is 53.4 Å². The third-order valence-electron chi connectivity index (χ3n) is 4.12. The number of benzene rings is 1. The van der Waals surface area contributed by atoms with E-state index >= 15 is 0 Å². The predicted octanol–water partition coefficient (Wildman–Crippen LogP) is 5.07. The van der Waals surface area contributed by atoms with E-state index in [-0.39, 0.29) is 12.0 Å². The minimum Gasteiger partial charge on any atom is -0.487 e. The Hall–Kier alpha value is -1.30. The van der Waals surface area contributed by atoms with Gasteiger partial charge in [-0.05, 0) is 45.4 Å². The number of amides is 1. The van der Waals surface area contributed by atoms with Crippen molar-refractivity contribution in [2.45, 2.75) is 65.1 Å². The number of carbonyl (C=O) groups is 1. The first-order chi connectivity index (χ1) is 12.4. The molecule has 1 aromatic rings. The zero-order valence-electron chi connectivity index (χ0n) is 16.6. The Morgan fingerprint density at radius 1 is 1.31 bits per heavy atom. The normalized spacial score (nSPS) is 14.5. The number of unbranched alkanes of at least 4 members (excludes halogenated alkanes) is 2. The smallest absolute Gasteiger partial charge is 0.256 e. The molecule has 0 radical (unpaired) electrons. The molecule has 5 nitrogen and oxygen atoms in total. The van der Waals surface area contributed by atoms with Gasteiger partial charge in [0.25, 0.3) is 5.91 Å². The van der Waals surface area contributed by atoms with Gasteiger partial charge in [0, 0.05) is 19.4 Å². The molecule has 1 amide bonds. The molecule has 2 atom stereocenters. The van der Waals surface area contributed by atoms with Gasteiger partial charge in [0.2, 0.25) is 0 Å². The topological polar surface area (TPSA) is 56.8 Å². The molecule has 26 heavy (non-hydrogen) atoms. The lowest BCUT2D eigenvalue weighted by molar-refractivity contribution is -0.139. The summed E-state index contributed by atoms with van der Waals surface area (Å²) in [6.07, 6.45) is 3.70. The maximum absolute atomic E-state index is 12.8. The molecule has 0 bridgehead atoms. The number of rotatable bonds is 12. The van der Waals surface area contributed by atoms with Crippen molar-refractivity contribution >= 4 is 23.2 Å². The van der Waals surface area contributed by atoms with Crippen molar-refractivity contribution in [2.75, 3.05) is 25.6 Å². The lowest BCUT2D eigenvalue weighted by atomic mass is 9.96. The fraction of sp³-hybridized carbons (Fsp3) is 0.650. The molecule has 0 heterocycles. The number of methoxy groups -OCH3 is 1. The second-order valence-corrected chi connectivity index (χ2v) is 7.01. The number of ether oxygens (including phenoxy) is 3. The van der Waals surface area contributed by atoms with Crippen molar-refractivity contribution in [3.63, 3.8) is 0 Å². The second kappa shape index (κ2) is 11.4. The van der Waals surface area contributed by atoms with Crippen molar-refractivity contribution in [1.82, 2.24) is 0 Å². The van der Waals surface area contributed by atoms with E-state index in [4.69, 9.17) is 25.8 Å². The van der Waals surface area contributed by atoms with Crippen LogP contribution in [0, 0.1) is 0 Å². The monoisotopic (exact) mass is 385 g/mol. The van der Waals surface area contributed by atoms with Crippen molar-refractivity contribution in [3.05, 3.63) is 23.2 Å². The first kappa shape index (κ1) is 22.7. The minimum absolute atomic E-state index is 0.113. The Balaban J connectivity index is 2.79. The molecule has 0 saturated carbocycles. The van der Waals surface area contributed by atoms with E-state index in [9.17, 15) is 4.79 Å². The van der Waals surface area contributed by atoms with Gasteiger partial charge in [0.05, 0.1) is 11.6 Å². The number of anilines is 1. The summed E-state index contributed by atoms with van der Waals surface area (Å²) < 4.78 is 16.5. The lowest BCUT2D eigenvalue weighted by Crippen LogP contribution is -2.42. The van der Waals surface area contributed by atoms with E-state index in [1.807, 2.05) is 20.8 Å². The van der Waals surface area contributed by atoms with Crippen molar-refractivity contribution in [2.24, 2.45) is 0 Å². The highest BCUT2D eigenvalue weighted by molar-refractivity contribution is 6.32. The van der Waals surface area contributed by atoms with Crippen LogP contribution in [-0.4, -0.2) is 37.9 Å². The predicted molar refractivity (Wildman–Crippen MR) is 106 cm³/mol. The largest absolute Gasteiger partial charge is 0.487 e. The van der Waals surface area contributed by atoms with Gasteiger partial charge in [-0.3, -0.25) is 4.79 Å². The van der Waals surface area contributed by atoms with Crippen LogP contribution >= 0.6 is 11.6 Å². The molecule has 6 heteroatoms. The van der Waals surface area contributed by atoms with Crippen molar-refractivity contribution in [3.8, 4) is 5.75 Å². The average molecular weight is 386 g/mol. The SMILES string of the molecule is CCCCC[C@](C)(OCC)C(=O)Nc1ccc(O[C@H](C)COC)c(Cl)c1. The van der Waals surface area contributed by atoms with Gasteiger partial charge in [-0.1, -0.05) is 37.8 Å². The number of hydrogen-bond acceptors (Lipinski definition) is 4. The van der Waals surface area contributed by atoms with Crippen LogP contribution in [0.2, 0.25) is 5.02 Å². The molecule has 148 valence electrons. The molecule has 1 aromatic carbocycles. The van der Waals surface area contributed by atoms with E-state index in [0.29, 0.717) is 36.1 Å². The summed E-state index contributed by atoms with van der Waals surface area (Å²) in [5.74, 6) is 0.401. The summed E-state index contributed by atoms with van der Waals surface area (Å²) in [6.45, 7) is 8.74. The zero-order valence-corrected chi connectivity index (χ0v) is 17.3. The molecular weight excluding hydrogens is 354 g/mol. The number of carbonyl (C=O) groups excluding carboxylic acids is 1. The first-order valence-electron chi connectivity index (χ1n) is 9.26. The molecule has 0 saturated heterocycles. The molecular formula is C20H32ClNO4. The highest BCUT2D eigenvalue weighted by Gasteiger charge is 2.33. The maximum atomic E-state index is 12.8. The third kappa shape index (κ3) is 7.14. The van der Waals surface area contributed by atoms with Gasteiger partial charge in [-0.15, -0.1) is 0 Å². The van der Waals surface area contributed by atoms with E-state index < -0.39 is 5.60 Å². The fourth-order valence-corrected chi connectivity index (χ4v) is 2.93. The quantitative estimate of drug-likeness (QED) is 0.510. The highest BCUT2D eigenvalue weighted by Crippen LogP contribution is 2.30. The standard InChI is InChI=1S/C20H32ClNO4/c1-6-8-9-12-20(4,25-7-2)19(23)22-16-10-11-18(17(21)13-16)26-15(3)14-24-5/h10-11,13,15H,6-9,12,14H2,1-5H3,(H,22,23)/t15-,20+/m1/s1. The van der Waals surface area contributed by atoms with E-state index in [0.717, 1.165) is 19.3 Å². The van der Waals surface area contributed by atoms with Crippen LogP contribution in [-0.2, 0) is 14.3 Å². The summed E-state index contributed by atoms with van der Waals surface area (Å²) in [5.41, 5.74) is -0.230. The third-order valence-corrected chi connectivity index (χ3v) is 4.42. The molecule has 0 aliphatic carbocycles. The number of hydrogen-bond donors (Lipinski definition) is 1. The summed E-state index contributed by atoms with van der Waals surface area (Å²) in [5, 5.41) is 3.35. The fourth-order valence-electron chi connectivity index (χ4n) is 2.71. The zero-order chi connectivity index (χ0) is 19.6. The number of nitrogens with one attached hydrogen (secondary N) is 1. The van der Waals surface area contributed by atoms with Gasteiger partial charge >= 0.3 is 0 Å². The Labute approximate surface area is 162 Å². The Morgan fingerprint density at radius 3 is 2.62 bits per heavy atom. The Bertz CT molecular complexity index is 567. The van der Waals surface area contributed by atoms with Crippen LogP contribution in [0.25, 0.3) is 0 Å². The summed E-state index contributed by atoms with van der Waals surface area (Å²) in [7, 11) is 1.62. The lowest BCUT2D eigenvalue weighted by Gasteiger charge is -2.28. The van der Waals surface area contributed by atoms with Crippen molar-refractivity contribution in [1.29, 1.82) is 0 Å². The minimum atomic E-state index is -0.849. The molecule has 0 unspecified atom stereocenters. The van der Waals surface area contributed by atoms with Crippen molar-refractivity contribution < 1.29 is 19.0 Å². The molecule has 1 N–H and O–H groups in total. The van der Waals surface area contributed by atoms with E-state index in [1.165, 1.54) is 0 Å². The molecule has 0 aliphatic heterocycles. The molecule has 0 aliphatic rings. The average Bonchev–Trinajstić information content (AvgIpc) is 2.58. The highest BCUT2D eigenvalue weighted by atomic mass is 35.5. The van der Waals surface area contributed by atoms with E-state index in [2.05, 4.69) is 12.2 Å². The van der Waals surface area contributed by atoms with Gasteiger partial charge in [-0.25, -0.2) is 0 Å². The molecule has 1 rings (SSSR count). The van der Waals surface area contributed by atoms with Gasteiger partial charge < -0.3 is 19.5 Å². The first-order valence-corrected chi connectivity index (χ1v) is 9.64. The molecule has 0 fully saturated rings. The summed E-state index contributed by atoms with van der Waals surface area (Å²) in [4.78, 5) is 12.8. The number of halogens is 1. The van der Waals surface area contributed by atoms with Gasteiger partial charge in [0.15, 0.2) is 0 Å². The maximum Gasteiger partial charge on any atom is 0.256 e. The summed E-state index contributed by atoms with van der Waals surface area (Å²) >= 11 is 6.29. The second-order valence-electron chi connectivity index (χ2n) is 6.60. The molecule has 0 spiro atoms. The van der Waals surface area contributed by atoms with Gasteiger partial charge in [-0.2, -0.15) is 0 Å².